The lowest BCUT2D eigenvalue weighted by atomic mass is 9.67. The zero-order valence-corrected chi connectivity index (χ0v) is 9.35. The van der Waals surface area contributed by atoms with Crippen LogP contribution in [0.5, 0.6) is 5.75 Å². The molecule has 0 radical (unpaired) electrons. The highest BCUT2D eigenvalue weighted by Crippen LogP contribution is 2.50. The Hall–Kier alpha value is -1.55. The average molecular weight is 234 g/mol. The van der Waals surface area contributed by atoms with Crippen LogP contribution in [0.3, 0.4) is 0 Å². The van der Waals surface area contributed by atoms with Crippen LogP contribution >= 0.6 is 0 Å². The third-order valence-electron chi connectivity index (χ3n) is 3.73. The molecule has 2 N–H and O–H groups in total. The van der Waals surface area contributed by atoms with Crippen LogP contribution in [0.25, 0.3) is 0 Å². The fourth-order valence-corrected chi connectivity index (χ4v) is 2.73. The van der Waals surface area contributed by atoms with Crippen LogP contribution in [0.4, 0.5) is 0 Å². The third-order valence-corrected chi connectivity index (χ3v) is 3.73. The lowest BCUT2D eigenvalue weighted by molar-refractivity contribution is -0.159. The quantitative estimate of drug-likeness (QED) is 0.809. The fourth-order valence-electron chi connectivity index (χ4n) is 2.73. The minimum Gasteiger partial charge on any atom is -0.493 e. The minimum atomic E-state index is -1.02. The topological polar surface area (TPSA) is 66.8 Å². The SMILES string of the molecule is O=C(O)C1CC(O)(c2cccc3c2OCC3)C1. The van der Waals surface area contributed by atoms with Gasteiger partial charge in [0.25, 0.3) is 0 Å². The first kappa shape index (κ1) is 10.6. The molecule has 0 saturated heterocycles. The van der Waals surface area contributed by atoms with E-state index in [2.05, 4.69) is 0 Å². The van der Waals surface area contributed by atoms with Crippen LogP contribution in [0, 0.1) is 5.92 Å². The molecule has 0 aromatic heterocycles. The molecule has 4 nitrogen and oxygen atoms in total. The zero-order valence-electron chi connectivity index (χ0n) is 9.35. The maximum atomic E-state index is 10.8. The van der Waals surface area contributed by atoms with Crippen molar-refractivity contribution in [3.05, 3.63) is 29.3 Å². The summed E-state index contributed by atoms with van der Waals surface area (Å²) >= 11 is 0. The van der Waals surface area contributed by atoms with Crippen LogP contribution < -0.4 is 4.74 Å². The molecule has 4 heteroatoms. The van der Waals surface area contributed by atoms with Crippen LogP contribution in [-0.4, -0.2) is 22.8 Å². The van der Waals surface area contributed by atoms with Gasteiger partial charge in [-0.1, -0.05) is 18.2 Å². The molecule has 0 amide bonds. The summed E-state index contributed by atoms with van der Waals surface area (Å²) in [5, 5.41) is 19.3. The van der Waals surface area contributed by atoms with Gasteiger partial charge in [0.15, 0.2) is 0 Å². The van der Waals surface area contributed by atoms with Gasteiger partial charge >= 0.3 is 5.97 Å². The van der Waals surface area contributed by atoms with Gasteiger partial charge in [-0.3, -0.25) is 4.79 Å². The highest BCUT2D eigenvalue weighted by molar-refractivity contribution is 5.72. The van der Waals surface area contributed by atoms with Crippen molar-refractivity contribution in [1.82, 2.24) is 0 Å². The van der Waals surface area contributed by atoms with Gasteiger partial charge in [0.1, 0.15) is 5.75 Å². The maximum absolute atomic E-state index is 10.8. The summed E-state index contributed by atoms with van der Waals surface area (Å²) in [6, 6.07) is 5.72. The van der Waals surface area contributed by atoms with Crippen molar-refractivity contribution in [2.24, 2.45) is 5.92 Å². The summed E-state index contributed by atoms with van der Waals surface area (Å²) in [6.45, 7) is 0.644. The molecule has 1 aliphatic heterocycles. The van der Waals surface area contributed by atoms with Gasteiger partial charge in [-0.25, -0.2) is 0 Å². The zero-order chi connectivity index (χ0) is 12.0. The first-order valence-corrected chi connectivity index (χ1v) is 5.80. The Morgan fingerprint density at radius 3 is 2.88 bits per heavy atom. The van der Waals surface area contributed by atoms with E-state index in [9.17, 15) is 9.90 Å². The summed E-state index contributed by atoms with van der Waals surface area (Å²) in [7, 11) is 0. The Kier molecular flexibility index (Phi) is 2.16. The van der Waals surface area contributed by atoms with Gasteiger partial charge < -0.3 is 14.9 Å². The van der Waals surface area contributed by atoms with Crippen molar-refractivity contribution in [2.45, 2.75) is 24.9 Å². The monoisotopic (exact) mass is 234 g/mol. The Morgan fingerprint density at radius 2 is 2.18 bits per heavy atom. The number of rotatable bonds is 2. The second kappa shape index (κ2) is 3.47. The van der Waals surface area contributed by atoms with E-state index in [1.165, 1.54) is 0 Å². The first-order valence-electron chi connectivity index (χ1n) is 5.80. The summed E-state index contributed by atoms with van der Waals surface area (Å²) < 4.78 is 5.54. The molecular formula is C13H14O4. The van der Waals surface area contributed by atoms with Crippen molar-refractivity contribution in [3.63, 3.8) is 0 Å². The van der Waals surface area contributed by atoms with E-state index in [-0.39, 0.29) is 12.8 Å². The molecule has 90 valence electrons. The van der Waals surface area contributed by atoms with Crippen LogP contribution in [0.15, 0.2) is 18.2 Å². The highest BCUT2D eigenvalue weighted by atomic mass is 16.5. The van der Waals surface area contributed by atoms with E-state index in [1.807, 2.05) is 18.2 Å². The molecule has 1 fully saturated rings. The molecule has 0 unspecified atom stereocenters. The molecule has 17 heavy (non-hydrogen) atoms. The van der Waals surface area contributed by atoms with E-state index in [1.54, 1.807) is 0 Å². The standard InChI is InChI=1S/C13H14O4/c14-12(15)9-6-13(16,7-9)10-3-1-2-8-4-5-17-11(8)10/h1-3,9,16H,4-7H2,(H,14,15). The minimum absolute atomic E-state index is 0.280. The molecule has 1 aliphatic carbocycles. The van der Waals surface area contributed by atoms with Crippen molar-refractivity contribution in [2.75, 3.05) is 6.61 Å². The lowest BCUT2D eigenvalue weighted by Gasteiger charge is -2.42. The number of benzene rings is 1. The van der Waals surface area contributed by atoms with E-state index >= 15 is 0 Å². The van der Waals surface area contributed by atoms with Crippen LogP contribution in [-0.2, 0) is 16.8 Å². The molecule has 3 rings (SSSR count). The second-order valence-corrected chi connectivity index (χ2v) is 4.87. The third kappa shape index (κ3) is 1.52. The van der Waals surface area contributed by atoms with Crippen LogP contribution in [0.1, 0.15) is 24.0 Å². The number of aliphatic hydroxyl groups is 1. The molecule has 0 bridgehead atoms. The van der Waals surface area contributed by atoms with E-state index in [4.69, 9.17) is 9.84 Å². The highest BCUT2D eigenvalue weighted by Gasteiger charge is 2.49. The molecule has 1 aromatic rings. The molecular weight excluding hydrogens is 220 g/mol. The number of fused-ring (bicyclic) bond motifs is 1. The Labute approximate surface area is 98.8 Å². The summed E-state index contributed by atoms with van der Waals surface area (Å²) in [4.78, 5) is 10.8. The molecule has 0 atom stereocenters. The van der Waals surface area contributed by atoms with Gasteiger partial charge in [0, 0.05) is 12.0 Å². The number of hydrogen-bond acceptors (Lipinski definition) is 3. The van der Waals surface area contributed by atoms with E-state index in [0.29, 0.717) is 6.61 Å². The fraction of sp³-hybridized carbons (Fsp3) is 0.462. The second-order valence-electron chi connectivity index (χ2n) is 4.87. The Balaban J connectivity index is 1.91. The smallest absolute Gasteiger partial charge is 0.306 e. The Morgan fingerprint density at radius 1 is 1.41 bits per heavy atom. The number of aliphatic carboxylic acids is 1. The van der Waals surface area contributed by atoms with Crippen molar-refractivity contribution in [1.29, 1.82) is 0 Å². The molecule has 1 aromatic carbocycles. The van der Waals surface area contributed by atoms with Gasteiger partial charge in [0.2, 0.25) is 0 Å². The predicted molar refractivity (Wildman–Crippen MR) is 59.9 cm³/mol. The number of ether oxygens (including phenoxy) is 1. The lowest BCUT2D eigenvalue weighted by Crippen LogP contribution is -2.44. The number of carboxylic acids is 1. The maximum Gasteiger partial charge on any atom is 0.306 e. The van der Waals surface area contributed by atoms with E-state index in [0.717, 1.165) is 23.3 Å². The molecule has 1 heterocycles. The first-order chi connectivity index (χ1) is 8.10. The van der Waals surface area contributed by atoms with Gasteiger partial charge in [-0.15, -0.1) is 0 Å². The van der Waals surface area contributed by atoms with Gasteiger partial charge in [-0.05, 0) is 18.4 Å². The summed E-state index contributed by atoms with van der Waals surface area (Å²) in [6.07, 6.45) is 1.42. The number of carboxylic acid groups (broad SMARTS) is 1. The number of carbonyl (C=O) groups is 1. The van der Waals surface area contributed by atoms with Gasteiger partial charge in [-0.2, -0.15) is 0 Å². The molecule has 0 spiro atoms. The summed E-state index contributed by atoms with van der Waals surface area (Å²) in [5.41, 5.74) is 0.846. The molecule has 1 saturated carbocycles. The Bertz CT molecular complexity index is 474. The largest absolute Gasteiger partial charge is 0.493 e. The normalized spacial score (nSPS) is 30.3. The average Bonchev–Trinajstić information content (AvgIpc) is 2.71. The number of hydrogen-bond donors (Lipinski definition) is 2. The number of para-hydroxylation sites is 1. The van der Waals surface area contributed by atoms with E-state index < -0.39 is 17.5 Å². The molecule has 2 aliphatic rings. The summed E-state index contributed by atoms with van der Waals surface area (Å²) in [5.74, 6) is -0.501. The van der Waals surface area contributed by atoms with Crippen molar-refractivity contribution >= 4 is 5.97 Å². The van der Waals surface area contributed by atoms with Crippen LogP contribution in [0.2, 0.25) is 0 Å². The predicted octanol–water partition coefficient (Wildman–Crippen LogP) is 1.30. The van der Waals surface area contributed by atoms with Crippen molar-refractivity contribution < 1.29 is 19.7 Å². The van der Waals surface area contributed by atoms with Gasteiger partial charge in [0.05, 0.1) is 18.1 Å². The van der Waals surface area contributed by atoms with Crippen molar-refractivity contribution in [3.8, 4) is 5.75 Å².